The number of hydrogen-bond acceptors (Lipinski definition) is 4. The van der Waals surface area contributed by atoms with Crippen LogP contribution in [-0.4, -0.2) is 18.3 Å². The molecule has 0 saturated heterocycles. The molecule has 0 bridgehead atoms. The van der Waals surface area contributed by atoms with Gasteiger partial charge in [0.25, 0.3) is 5.69 Å². The largest absolute Gasteiger partial charge is 0.465 e. The van der Waals surface area contributed by atoms with Gasteiger partial charge < -0.3 is 9.47 Å². The molecule has 0 saturated carbocycles. The molecule has 2 rings (SSSR count). The SMILES string of the molecule is COC1CCc2cc([N+](=O)[O-])ccc2O1. The lowest BCUT2D eigenvalue weighted by Crippen LogP contribution is -2.24. The molecule has 1 aromatic carbocycles. The number of non-ortho nitro benzene ring substituents is 1. The zero-order valence-corrected chi connectivity index (χ0v) is 8.30. The minimum Gasteiger partial charge on any atom is -0.465 e. The Morgan fingerprint density at radius 2 is 2.40 bits per heavy atom. The van der Waals surface area contributed by atoms with Crippen LogP contribution in [0.5, 0.6) is 5.75 Å². The van der Waals surface area contributed by atoms with Crippen LogP contribution in [0, 0.1) is 10.1 Å². The van der Waals surface area contributed by atoms with E-state index < -0.39 is 4.92 Å². The molecule has 0 aliphatic carbocycles. The maximum atomic E-state index is 10.5. The van der Waals surface area contributed by atoms with E-state index in [2.05, 4.69) is 0 Å². The first-order chi connectivity index (χ1) is 7.20. The molecule has 80 valence electrons. The predicted molar refractivity (Wildman–Crippen MR) is 52.8 cm³/mol. The zero-order chi connectivity index (χ0) is 10.8. The first-order valence-corrected chi connectivity index (χ1v) is 4.67. The Bertz CT molecular complexity index is 391. The van der Waals surface area contributed by atoms with Crippen molar-refractivity contribution in [3.05, 3.63) is 33.9 Å². The maximum absolute atomic E-state index is 10.5. The van der Waals surface area contributed by atoms with Gasteiger partial charge in [-0.25, -0.2) is 0 Å². The fourth-order valence-corrected chi connectivity index (χ4v) is 1.63. The number of benzene rings is 1. The summed E-state index contributed by atoms with van der Waals surface area (Å²) in [7, 11) is 1.58. The van der Waals surface area contributed by atoms with E-state index in [1.54, 1.807) is 19.2 Å². The van der Waals surface area contributed by atoms with E-state index in [9.17, 15) is 10.1 Å². The molecule has 0 radical (unpaired) electrons. The second-order valence-corrected chi connectivity index (χ2v) is 3.37. The van der Waals surface area contributed by atoms with Gasteiger partial charge in [0.1, 0.15) is 5.75 Å². The van der Waals surface area contributed by atoms with Crippen molar-refractivity contribution < 1.29 is 14.4 Å². The molecule has 0 fully saturated rings. The molecule has 5 heteroatoms. The second-order valence-electron chi connectivity index (χ2n) is 3.37. The van der Waals surface area contributed by atoms with Crippen molar-refractivity contribution in [2.24, 2.45) is 0 Å². The fourth-order valence-electron chi connectivity index (χ4n) is 1.63. The molecule has 1 heterocycles. The number of rotatable bonds is 2. The predicted octanol–water partition coefficient (Wildman–Crippen LogP) is 1.89. The molecule has 1 unspecified atom stereocenters. The molecular weight excluding hydrogens is 198 g/mol. The minimum absolute atomic E-state index is 0.105. The van der Waals surface area contributed by atoms with Crippen LogP contribution in [0.2, 0.25) is 0 Å². The third kappa shape index (κ3) is 1.92. The van der Waals surface area contributed by atoms with E-state index in [0.29, 0.717) is 5.75 Å². The highest BCUT2D eigenvalue weighted by Gasteiger charge is 2.21. The highest BCUT2D eigenvalue weighted by molar-refractivity contribution is 5.44. The molecule has 1 aliphatic heterocycles. The van der Waals surface area contributed by atoms with Gasteiger partial charge in [-0.2, -0.15) is 0 Å². The topological polar surface area (TPSA) is 61.6 Å². The Labute approximate surface area is 86.8 Å². The van der Waals surface area contributed by atoms with Crippen LogP contribution in [0.4, 0.5) is 5.69 Å². The summed E-state index contributed by atoms with van der Waals surface area (Å²) in [5, 5.41) is 10.5. The molecule has 15 heavy (non-hydrogen) atoms. The van der Waals surface area contributed by atoms with E-state index in [1.165, 1.54) is 6.07 Å². The Kier molecular flexibility index (Phi) is 2.55. The van der Waals surface area contributed by atoms with Gasteiger partial charge in [-0.1, -0.05) is 0 Å². The number of nitro groups is 1. The Hall–Kier alpha value is -1.62. The zero-order valence-electron chi connectivity index (χ0n) is 8.30. The van der Waals surface area contributed by atoms with Crippen LogP contribution >= 0.6 is 0 Å². The van der Waals surface area contributed by atoms with Crippen molar-refractivity contribution in [1.82, 2.24) is 0 Å². The summed E-state index contributed by atoms with van der Waals surface area (Å²) >= 11 is 0. The highest BCUT2D eigenvalue weighted by Crippen LogP contribution is 2.30. The number of hydrogen-bond donors (Lipinski definition) is 0. The lowest BCUT2D eigenvalue weighted by molar-refractivity contribution is -0.385. The quantitative estimate of drug-likeness (QED) is 0.551. The van der Waals surface area contributed by atoms with Crippen molar-refractivity contribution in [3.63, 3.8) is 0 Å². The monoisotopic (exact) mass is 209 g/mol. The van der Waals surface area contributed by atoms with Crippen LogP contribution in [0.3, 0.4) is 0 Å². The van der Waals surface area contributed by atoms with Crippen molar-refractivity contribution in [2.75, 3.05) is 7.11 Å². The lowest BCUT2D eigenvalue weighted by Gasteiger charge is -2.24. The van der Waals surface area contributed by atoms with Gasteiger partial charge >= 0.3 is 0 Å². The molecule has 0 aromatic heterocycles. The summed E-state index contributed by atoms with van der Waals surface area (Å²) in [6.07, 6.45) is 1.24. The van der Waals surface area contributed by atoms with Gasteiger partial charge in [0.05, 0.1) is 4.92 Å². The average molecular weight is 209 g/mol. The van der Waals surface area contributed by atoms with Crippen molar-refractivity contribution in [2.45, 2.75) is 19.1 Å². The minimum atomic E-state index is -0.400. The average Bonchev–Trinajstić information content (AvgIpc) is 2.27. The molecule has 1 atom stereocenters. The Balaban J connectivity index is 2.28. The van der Waals surface area contributed by atoms with Crippen LogP contribution < -0.4 is 4.74 Å². The standard InChI is InChI=1S/C10H11NO4/c1-14-10-5-2-7-6-8(11(12)13)3-4-9(7)15-10/h3-4,6,10H,2,5H2,1H3. The fraction of sp³-hybridized carbons (Fsp3) is 0.400. The van der Waals surface area contributed by atoms with Gasteiger partial charge in [0.2, 0.25) is 0 Å². The third-order valence-corrected chi connectivity index (χ3v) is 2.43. The van der Waals surface area contributed by atoms with E-state index in [1.807, 2.05) is 0 Å². The summed E-state index contributed by atoms with van der Waals surface area (Å²) in [5.74, 6) is 0.679. The molecular formula is C10H11NO4. The summed E-state index contributed by atoms with van der Waals surface area (Å²) in [5.41, 5.74) is 0.978. The van der Waals surface area contributed by atoms with Gasteiger partial charge in [0, 0.05) is 31.2 Å². The first-order valence-electron chi connectivity index (χ1n) is 4.67. The number of nitrogens with zero attached hydrogens (tertiary/aromatic N) is 1. The number of ether oxygens (including phenoxy) is 2. The van der Waals surface area contributed by atoms with Crippen molar-refractivity contribution in [1.29, 1.82) is 0 Å². The van der Waals surface area contributed by atoms with Crippen LogP contribution in [0.1, 0.15) is 12.0 Å². The Morgan fingerprint density at radius 3 is 3.07 bits per heavy atom. The number of nitro benzene ring substituents is 1. The summed E-state index contributed by atoms with van der Waals surface area (Å²) in [4.78, 5) is 10.1. The van der Waals surface area contributed by atoms with E-state index in [0.717, 1.165) is 18.4 Å². The summed E-state index contributed by atoms with van der Waals surface area (Å²) in [6.45, 7) is 0. The van der Waals surface area contributed by atoms with E-state index >= 15 is 0 Å². The Morgan fingerprint density at radius 1 is 1.60 bits per heavy atom. The van der Waals surface area contributed by atoms with Crippen LogP contribution in [0.15, 0.2) is 18.2 Å². The van der Waals surface area contributed by atoms with Gasteiger partial charge in [-0.3, -0.25) is 10.1 Å². The van der Waals surface area contributed by atoms with Gasteiger partial charge in [-0.05, 0) is 12.5 Å². The molecule has 5 nitrogen and oxygen atoms in total. The van der Waals surface area contributed by atoms with Crippen molar-refractivity contribution in [3.8, 4) is 5.75 Å². The number of aryl methyl sites for hydroxylation is 1. The van der Waals surface area contributed by atoms with Crippen LogP contribution in [0.25, 0.3) is 0 Å². The lowest BCUT2D eigenvalue weighted by atomic mass is 10.1. The summed E-state index contributed by atoms with van der Waals surface area (Å²) in [6, 6.07) is 4.62. The smallest absolute Gasteiger partial charge is 0.269 e. The number of methoxy groups -OCH3 is 1. The highest BCUT2D eigenvalue weighted by atomic mass is 16.7. The van der Waals surface area contributed by atoms with Gasteiger partial charge in [-0.15, -0.1) is 0 Å². The first kappa shape index (κ1) is 9.92. The van der Waals surface area contributed by atoms with E-state index in [-0.39, 0.29) is 12.0 Å². The molecule has 0 spiro atoms. The summed E-state index contributed by atoms with van der Waals surface area (Å²) < 4.78 is 10.5. The molecule has 1 aromatic rings. The van der Waals surface area contributed by atoms with Crippen LogP contribution in [-0.2, 0) is 11.2 Å². The van der Waals surface area contributed by atoms with Gasteiger partial charge in [0.15, 0.2) is 6.29 Å². The second kappa shape index (κ2) is 3.86. The number of fused-ring (bicyclic) bond motifs is 1. The normalized spacial score (nSPS) is 19.1. The molecule has 0 amide bonds. The molecule has 0 N–H and O–H groups in total. The maximum Gasteiger partial charge on any atom is 0.269 e. The van der Waals surface area contributed by atoms with E-state index in [4.69, 9.17) is 9.47 Å². The van der Waals surface area contributed by atoms with Crippen molar-refractivity contribution >= 4 is 5.69 Å². The third-order valence-electron chi connectivity index (χ3n) is 2.43. The molecule has 1 aliphatic rings.